The first kappa shape index (κ1) is 15.4. The molecule has 1 aliphatic heterocycles. The number of hydrogen-bond donors (Lipinski definition) is 1. The number of nitrogens with zero attached hydrogens (tertiary/aromatic N) is 2. The highest BCUT2D eigenvalue weighted by atomic mass is 32.2. The lowest BCUT2D eigenvalue weighted by Crippen LogP contribution is -2.68. The number of likely N-dealkylation sites (tertiary alicyclic amines) is 1. The molecule has 0 aromatic rings. The first-order valence-electron chi connectivity index (χ1n) is 7.28. The zero-order valence-electron chi connectivity index (χ0n) is 11.7. The predicted octanol–water partition coefficient (Wildman–Crippen LogP) is 1.61. The summed E-state index contributed by atoms with van der Waals surface area (Å²) in [6.07, 6.45) is -1.87. The van der Waals surface area contributed by atoms with Gasteiger partial charge in [-0.15, -0.1) is 0 Å². The normalized spacial score (nSPS) is 25.5. The van der Waals surface area contributed by atoms with E-state index in [1.54, 1.807) is 0 Å². The van der Waals surface area contributed by atoms with Crippen molar-refractivity contribution >= 4 is 17.9 Å². The van der Waals surface area contributed by atoms with Gasteiger partial charge in [-0.2, -0.15) is 13.2 Å². The minimum atomic E-state index is -4.74. The van der Waals surface area contributed by atoms with Crippen LogP contribution in [0.15, 0.2) is 0 Å². The summed E-state index contributed by atoms with van der Waals surface area (Å²) in [5.41, 5.74) is 0.156. The molecule has 21 heavy (non-hydrogen) atoms. The van der Waals surface area contributed by atoms with Crippen LogP contribution in [0.2, 0.25) is 0 Å². The molecular formula is C13H20F3N3OS. The topological polar surface area (TPSA) is 49.6 Å². The third-order valence-electron chi connectivity index (χ3n) is 4.79. The lowest BCUT2D eigenvalue weighted by atomic mass is 9.60. The van der Waals surface area contributed by atoms with E-state index in [4.69, 9.17) is 5.14 Å². The third kappa shape index (κ3) is 3.03. The van der Waals surface area contributed by atoms with E-state index in [9.17, 15) is 18.0 Å². The monoisotopic (exact) mass is 323 g/mol. The summed E-state index contributed by atoms with van der Waals surface area (Å²) < 4.78 is 38.1. The van der Waals surface area contributed by atoms with Crippen molar-refractivity contribution in [2.45, 2.75) is 43.9 Å². The van der Waals surface area contributed by atoms with Gasteiger partial charge in [0.15, 0.2) is 0 Å². The lowest BCUT2D eigenvalue weighted by molar-refractivity contribution is -0.197. The van der Waals surface area contributed by atoms with Crippen LogP contribution >= 0.6 is 11.9 Å². The highest BCUT2D eigenvalue weighted by molar-refractivity contribution is 7.97. The molecule has 2 N–H and O–H groups in total. The van der Waals surface area contributed by atoms with Gasteiger partial charge in [0.2, 0.25) is 0 Å². The molecule has 120 valence electrons. The molecule has 2 saturated carbocycles. The van der Waals surface area contributed by atoms with Crippen LogP contribution in [0.4, 0.5) is 13.2 Å². The highest BCUT2D eigenvalue weighted by Gasteiger charge is 2.58. The summed E-state index contributed by atoms with van der Waals surface area (Å²) in [6, 6.07) is -0.385. The standard InChI is InChI=1S/C13H20F3N3OS/c14-13(15,16)11(20)19(9-1-2-9)10-5-12(6-10)7-18(8-12)3-4-21-17/h9-10H,1-8,17H2. The van der Waals surface area contributed by atoms with Crippen molar-refractivity contribution in [2.24, 2.45) is 10.6 Å². The van der Waals surface area contributed by atoms with Gasteiger partial charge in [-0.1, -0.05) is 11.9 Å². The molecule has 1 heterocycles. The second-order valence-electron chi connectivity index (χ2n) is 6.58. The molecule has 0 radical (unpaired) electrons. The summed E-state index contributed by atoms with van der Waals surface area (Å²) in [7, 11) is 0. The van der Waals surface area contributed by atoms with E-state index >= 15 is 0 Å². The maximum atomic E-state index is 12.7. The quantitative estimate of drug-likeness (QED) is 0.781. The van der Waals surface area contributed by atoms with Gasteiger partial charge in [0.25, 0.3) is 0 Å². The molecule has 0 bridgehead atoms. The second kappa shape index (κ2) is 5.31. The van der Waals surface area contributed by atoms with Crippen LogP contribution in [-0.4, -0.2) is 59.4 Å². The van der Waals surface area contributed by atoms with Crippen LogP contribution in [0.1, 0.15) is 25.7 Å². The largest absolute Gasteiger partial charge is 0.471 e. The van der Waals surface area contributed by atoms with E-state index in [1.165, 1.54) is 11.9 Å². The first-order valence-corrected chi connectivity index (χ1v) is 8.33. The van der Waals surface area contributed by atoms with Crippen LogP contribution in [0, 0.1) is 5.41 Å². The van der Waals surface area contributed by atoms with Crippen molar-refractivity contribution in [2.75, 3.05) is 25.4 Å². The lowest BCUT2D eigenvalue weighted by Gasteiger charge is -2.61. The molecule has 8 heteroatoms. The molecule has 3 rings (SSSR count). The van der Waals surface area contributed by atoms with Gasteiger partial charge in [-0.05, 0) is 31.1 Å². The third-order valence-corrected chi connectivity index (χ3v) is 5.21. The van der Waals surface area contributed by atoms with E-state index in [1.807, 2.05) is 0 Å². The Labute approximate surface area is 126 Å². The van der Waals surface area contributed by atoms with Crippen molar-refractivity contribution in [1.82, 2.24) is 9.80 Å². The van der Waals surface area contributed by atoms with Crippen molar-refractivity contribution in [3.63, 3.8) is 0 Å². The van der Waals surface area contributed by atoms with Gasteiger partial charge < -0.3 is 9.80 Å². The number of halogens is 3. The molecule has 1 spiro atoms. The molecule has 3 fully saturated rings. The minimum Gasteiger partial charge on any atom is -0.329 e. The van der Waals surface area contributed by atoms with Crippen LogP contribution in [0.5, 0.6) is 0 Å². The summed E-state index contributed by atoms with van der Waals surface area (Å²) in [4.78, 5) is 15.0. The van der Waals surface area contributed by atoms with Gasteiger partial charge in [-0.3, -0.25) is 9.93 Å². The number of rotatable bonds is 5. The van der Waals surface area contributed by atoms with Crippen LogP contribution in [0.3, 0.4) is 0 Å². The number of hydrogen-bond acceptors (Lipinski definition) is 4. The van der Waals surface area contributed by atoms with E-state index in [2.05, 4.69) is 4.90 Å². The summed E-state index contributed by atoms with van der Waals surface area (Å²) >= 11 is 1.31. The molecule has 0 atom stereocenters. The summed E-state index contributed by atoms with van der Waals surface area (Å²) in [5.74, 6) is -0.763. The predicted molar refractivity (Wildman–Crippen MR) is 74.5 cm³/mol. The second-order valence-corrected chi connectivity index (χ2v) is 7.33. The minimum absolute atomic E-state index is 0.156. The highest BCUT2D eigenvalue weighted by Crippen LogP contribution is 2.52. The Hall–Kier alpha value is -0.470. The number of carbonyl (C=O) groups excluding carboxylic acids is 1. The Morgan fingerprint density at radius 2 is 1.90 bits per heavy atom. The van der Waals surface area contributed by atoms with Gasteiger partial charge >= 0.3 is 12.1 Å². The molecule has 4 nitrogen and oxygen atoms in total. The molecule has 0 aromatic heterocycles. The Kier molecular flexibility index (Phi) is 3.90. The maximum Gasteiger partial charge on any atom is 0.471 e. The maximum absolute atomic E-state index is 12.7. The molecule has 3 aliphatic rings. The molecule has 0 unspecified atom stereocenters. The van der Waals surface area contributed by atoms with E-state index in [0.717, 1.165) is 43.1 Å². The zero-order valence-corrected chi connectivity index (χ0v) is 12.6. The fraction of sp³-hybridized carbons (Fsp3) is 0.923. The van der Waals surface area contributed by atoms with Crippen molar-refractivity contribution in [3.8, 4) is 0 Å². The van der Waals surface area contributed by atoms with Crippen LogP contribution < -0.4 is 5.14 Å². The van der Waals surface area contributed by atoms with Crippen LogP contribution in [-0.2, 0) is 4.79 Å². The number of alkyl halides is 3. The average Bonchev–Trinajstić information content (AvgIpc) is 3.11. The Bertz CT molecular complexity index is 413. The van der Waals surface area contributed by atoms with E-state index in [0.29, 0.717) is 12.8 Å². The van der Waals surface area contributed by atoms with Crippen LogP contribution in [0.25, 0.3) is 0 Å². The fourth-order valence-corrected chi connectivity index (χ4v) is 4.13. The smallest absolute Gasteiger partial charge is 0.329 e. The summed E-state index contributed by atoms with van der Waals surface area (Å²) in [6.45, 7) is 2.80. The number of carbonyl (C=O) groups is 1. The molecule has 0 aromatic carbocycles. The van der Waals surface area contributed by atoms with E-state index < -0.39 is 12.1 Å². The molecule has 1 amide bonds. The first-order chi connectivity index (χ1) is 9.85. The Morgan fingerprint density at radius 1 is 1.29 bits per heavy atom. The van der Waals surface area contributed by atoms with Crippen molar-refractivity contribution in [3.05, 3.63) is 0 Å². The Balaban J connectivity index is 1.52. The molecule has 1 saturated heterocycles. The average molecular weight is 323 g/mol. The number of amides is 1. The molecule has 2 aliphatic carbocycles. The van der Waals surface area contributed by atoms with Gasteiger partial charge in [0, 0.05) is 37.5 Å². The summed E-state index contributed by atoms with van der Waals surface area (Å²) in [5, 5.41) is 5.39. The van der Waals surface area contributed by atoms with E-state index in [-0.39, 0.29) is 17.5 Å². The van der Waals surface area contributed by atoms with Gasteiger partial charge in [0.1, 0.15) is 0 Å². The van der Waals surface area contributed by atoms with Gasteiger partial charge in [0.05, 0.1) is 0 Å². The van der Waals surface area contributed by atoms with Crippen molar-refractivity contribution in [1.29, 1.82) is 0 Å². The molecular weight excluding hydrogens is 303 g/mol. The fourth-order valence-electron chi connectivity index (χ4n) is 3.77. The number of nitrogens with two attached hydrogens (primary N) is 1. The van der Waals surface area contributed by atoms with Crippen molar-refractivity contribution < 1.29 is 18.0 Å². The Morgan fingerprint density at radius 3 is 2.38 bits per heavy atom. The zero-order chi connectivity index (χ0) is 15.3. The SMILES string of the molecule is NSCCN1CC2(CC(N(C(=O)C(F)(F)F)C3CC3)C2)C1. The van der Waals surface area contributed by atoms with Gasteiger partial charge in [-0.25, -0.2) is 0 Å².